The predicted molar refractivity (Wildman–Crippen MR) is 73.3 cm³/mol. The summed E-state index contributed by atoms with van der Waals surface area (Å²) in [5.74, 6) is 0. The van der Waals surface area contributed by atoms with Crippen LogP contribution in [-0.4, -0.2) is 9.97 Å². The molecule has 0 saturated carbocycles. The Morgan fingerprint density at radius 3 is 2.78 bits per heavy atom. The molecule has 0 fully saturated rings. The number of fused-ring (bicyclic) bond motifs is 1. The van der Waals surface area contributed by atoms with E-state index in [1.807, 2.05) is 36.7 Å². The molecule has 0 aliphatic carbocycles. The van der Waals surface area contributed by atoms with Crippen molar-refractivity contribution in [3.05, 3.63) is 66.6 Å². The molecule has 0 amide bonds. The average molecular weight is 235 g/mol. The number of anilines is 1. The number of nitrogens with zero attached hydrogens (tertiary/aromatic N) is 2. The second-order valence-electron chi connectivity index (χ2n) is 4.09. The summed E-state index contributed by atoms with van der Waals surface area (Å²) in [5, 5.41) is 4.57. The Kier molecular flexibility index (Phi) is 2.88. The molecule has 3 heteroatoms. The maximum absolute atomic E-state index is 4.34. The van der Waals surface area contributed by atoms with Gasteiger partial charge in [0.25, 0.3) is 0 Å². The molecule has 18 heavy (non-hydrogen) atoms. The lowest BCUT2D eigenvalue weighted by atomic mass is 10.1. The molecule has 1 N–H and O–H groups in total. The summed E-state index contributed by atoms with van der Waals surface area (Å²) in [5.41, 5.74) is 3.27. The van der Waals surface area contributed by atoms with E-state index in [9.17, 15) is 0 Å². The quantitative estimate of drug-likeness (QED) is 0.757. The van der Waals surface area contributed by atoms with E-state index >= 15 is 0 Å². The standard InChI is InChI=1S/C15H13N3/c1-6-14-13(5-3-9-17-14)15(7-1)18-11-12-4-2-8-16-10-12/h1-10,18H,11H2. The van der Waals surface area contributed by atoms with Gasteiger partial charge >= 0.3 is 0 Å². The van der Waals surface area contributed by atoms with E-state index in [1.54, 1.807) is 6.20 Å². The average Bonchev–Trinajstić information content (AvgIpc) is 2.46. The topological polar surface area (TPSA) is 37.8 Å². The molecule has 0 atom stereocenters. The van der Waals surface area contributed by atoms with Crippen LogP contribution < -0.4 is 5.32 Å². The second kappa shape index (κ2) is 4.84. The summed E-state index contributed by atoms with van der Waals surface area (Å²) in [6.07, 6.45) is 5.47. The third-order valence-electron chi connectivity index (χ3n) is 2.85. The Labute approximate surface area is 106 Å². The molecule has 0 radical (unpaired) electrons. The van der Waals surface area contributed by atoms with Gasteiger partial charge in [0.05, 0.1) is 5.52 Å². The van der Waals surface area contributed by atoms with E-state index in [2.05, 4.69) is 33.5 Å². The molecular weight excluding hydrogens is 222 g/mol. The highest BCUT2D eigenvalue weighted by atomic mass is 14.9. The first-order chi connectivity index (χ1) is 8.93. The number of hydrogen-bond acceptors (Lipinski definition) is 3. The van der Waals surface area contributed by atoms with Crippen LogP contribution in [0.4, 0.5) is 5.69 Å². The van der Waals surface area contributed by atoms with Crippen molar-refractivity contribution in [2.75, 3.05) is 5.32 Å². The van der Waals surface area contributed by atoms with Crippen LogP contribution >= 0.6 is 0 Å². The first-order valence-electron chi connectivity index (χ1n) is 5.90. The highest BCUT2D eigenvalue weighted by Crippen LogP contribution is 2.21. The number of aromatic nitrogens is 2. The molecule has 2 heterocycles. The summed E-state index contributed by atoms with van der Waals surface area (Å²) in [7, 11) is 0. The fourth-order valence-corrected chi connectivity index (χ4v) is 1.96. The normalized spacial score (nSPS) is 10.4. The maximum atomic E-state index is 4.34. The smallest absolute Gasteiger partial charge is 0.0722 e. The van der Waals surface area contributed by atoms with Crippen LogP contribution in [0, 0.1) is 0 Å². The van der Waals surface area contributed by atoms with Crippen molar-refractivity contribution in [2.24, 2.45) is 0 Å². The van der Waals surface area contributed by atoms with Gasteiger partial charge in [-0.3, -0.25) is 9.97 Å². The summed E-state index contributed by atoms with van der Waals surface area (Å²) in [4.78, 5) is 8.45. The molecule has 0 bridgehead atoms. The molecule has 0 aliphatic rings. The lowest BCUT2D eigenvalue weighted by molar-refractivity contribution is 1.12. The molecular formula is C15H13N3. The number of nitrogens with one attached hydrogen (secondary N) is 1. The molecule has 3 rings (SSSR count). The van der Waals surface area contributed by atoms with Crippen molar-refractivity contribution in [3.63, 3.8) is 0 Å². The van der Waals surface area contributed by atoms with Crippen LogP contribution in [0.25, 0.3) is 10.9 Å². The van der Waals surface area contributed by atoms with Gasteiger partial charge in [-0.2, -0.15) is 0 Å². The van der Waals surface area contributed by atoms with Gasteiger partial charge in [-0.05, 0) is 35.9 Å². The zero-order valence-electron chi connectivity index (χ0n) is 9.88. The van der Waals surface area contributed by atoms with E-state index < -0.39 is 0 Å². The third kappa shape index (κ3) is 2.15. The fourth-order valence-electron chi connectivity index (χ4n) is 1.96. The first-order valence-corrected chi connectivity index (χ1v) is 5.90. The summed E-state index contributed by atoms with van der Waals surface area (Å²) in [6, 6.07) is 14.1. The van der Waals surface area contributed by atoms with Crippen LogP contribution in [-0.2, 0) is 6.54 Å². The second-order valence-corrected chi connectivity index (χ2v) is 4.09. The Bertz CT molecular complexity index is 645. The van der Waals surface area contributed by atoms with E-state index in [1.165, 1.54) is 5.56 Å². The summed E-state index contributed by atoms with van der Waals surface area (Å²) >= 11 is 0. The Morgan fingerprint density at radius 2 is 1.89 bits per heavy atom. The van der Waals surface area contributed by atoms with Crippen molar-refractivity contribution >= 4 is 16.6 Å². The van der Waals surface area contributed by atoms with Gasteiger partial charge in [0.15, 0.2) is 0 Å². The molecule has 3 aromatic rings. The van der Waals surface area contributed by atoms with Crippen LogP contribution in [0.2, 0.25) is 0 Å². The van der Waals surface area contributed by atoms with Crippen LogP contribution in [0.5, 0.6) is 0 Å². The van der Waals surface area contributed by atoms with Gasteiger partial charge < -0.3 is 5.32 Å². The fraction of sp³-hybridized carbons (Fsp3) is 0.0667. The minimum atomic E-state index is 0.766. The molecule has 3 nitrogen and oxygen atoms in total. The predicted octanol–water partition coefficient (Wildman–Crippen LogP) is 3.24. The Hall–Kier alpha value is -2.42. The van der Waals surface area contributed by atoms with Crippen LogP contribution in [0.1, 0.15) is 5.56 Å². The molecule has 88 valence electrons. The van der Waals surface area contributed by atoms with Gasteiger partial charge in [0.2, 0.25) is 0 Å². The SMILES string of the molecule is c1cncc(CNc2cccc3ncccc23)c1. The van der Waals surface area contributed by atoms with Gasteiger partial charge in [-0.1, -0.05) is 12.1 Å². The zero-order valence-corrected chi connectivity index (χ0v) is 9.88. The van der Waals surface area contributed by atoms with Gasteiger partial charge in [0.1, 0.15) is 0 Å². The molecule has 0 aliphatic heterocycles. The van der Waals surface area contributed by atoms with Crippen molar-refractivity contribution < 1.29 is 0 Å². The Morgan fingerprint density at radius 1 is 0.944 bits per heavy atom. The molecule has 0 spiro atoms. The largest absolute Gasteiger partial charge is 0.380 e. The zero-order chi connectivity index (χ0) is 12.2. The van der Waals surface area contributed by atoms with E-state index in [0.717, 1.165) is 23.1 Å². The van der Waals surface area contributed by atoms with Gasteiger partial charge in [-0.25, -0.2) is 0 Å². The monoisotopic (exact) mass is 235 g/mol. The van der Waals surface area contributed by atoms with Gasteiger partial charge in [-0.15, -0.1) is 0 Å². The van der Waals surface area contributed by atoms with Crippen LogP contribution in [0.3, 0.4) is 0 Å². The van der Waals surface area contributed by atoms with Crippen molar-refractivity contribution in [2.45, 2.75) is 6.54 Å². The van der Waals surface area contributed by atoms with E-state index in [4.69, 9.17) is 0 Å². The van der Waals surface area contributed by atoms with Gasteiger partial charge in [0, 0.05) is 36.2 Å². The number of pyridine rings is 2. The van der Waals surface area contributed by atoms with Crippen molar-refractivity contribution in [1.82, 2.24) is 9.97 Å². The number of benzene rings is 1. The molecule has 0 saturated heterocycles. The van der Waals surface area contributed by atoms with E-state index in [-0.39, 0.29) is 0 Å². The number of hydrogen-bond donors (Lipinski definition) is 1. The third-order valence-corrected chi connectivity index (χ3v) is 2.85. The molecule has 0 unspecified atom stereocenters. The maximum Gasteiger partial charge on any atom is 0.0722 e. The minimum Gasteiger partial charge on any atom is -0.380 e. The van der Waals surface area contributed by atoms with E-state index in [0.29, 0.717) is 0 Å². The number of rotatable bonds is 3. The highest BCUT2D eigenvalue weighted by molar-refractivity contribution is 5.91. The van der Waals surface area contributed by atoms with Crippen molar-refractivity contribution in [3.8, 4) is 0 Å². The molecule has 2 aromatic heterocycles. The lowest BCUT2D eigenvalue weighted by Crippen LogP contribution is -2.00. The van der Waals surface area contributed by atoms with Crippen LogP contribution in [0.15, 0.2) is 61.1 Å². The molecule has 1 aromatic carbocycles. The minimum absolute atomic E-state index is 0.766. The summed E-state index contributed by atoms with van der Waals surface area (Å²) < 4.78 is 0. The summed E-state index contributed by atoms with van der Waals surface area (Å²) in [6.45, 7) is 0.766. The lowest BCUT2D eigenvalue weighted by Gasteiger charge is -2.09. The van der Waals surface area contributed by atoms with Crippen molar-refractivity contribution in [1.29, 1.82) is 0 Å². The Balaban J connectivity index is 1.87. The highest BCUT2D eigenvalue weighted by Gasteiger charge is 2.00. The first kappa shape index (κ1) is 10.7.